The summed E-state index contributed by atoms with van der Waals surface area (Å²) in [6, 6.07) is 7.95. The summed E-state index contributed by atoms with van der Waals surface area (Å²) >= 11 is 1.49. The van der Waals surface area contributed by atoms with E-state index in [1.54, 1.807) is 19.0 Å². The lowest BCUT2D eigenvalue weighted by Crippen LogP contribution is -2.23. The molecule has 0 bridgehead atoms. The second-order valence-corrected chi connectivity index (χ2v) is 6.09. The van der Waals surface area contributed by atoms with E-state index in [0.717, 1.165) is 33.0 Å². The molecule has 1 aromatic carbocycles. The van der Waals surface area contributed by atoms with E-state index in [1.165, 1.54) is 11.3 Å². The maximum Gasteiger partial charge on any atom is 0.228 e. The van der Waals surface area contributed by atoms with Gasteiger partial charge in [0.25, 0.3) is 0 Å². The third-order valence-corrected chi connectivity index (χ3v) is 4.28. The van der Waals surface area contributed by atoms with Gasteiger partial charge in [-0.05, 0) is 13.0 Å². The van der Waals surface area contributed by atoms with E-state index < -0.39 is 0 Å². The highest BCUT2D eigenvalue weighted by molar-refractivity contribution is 7.10. The molecular weight excluding hydrogens is 284 g/mol. The van der Waals surface area contributed by atoms with E-state index >= 15 is 0 Å². The van der Waals surface area contributed by atoms with E-state index in [-0.39, 0.29) is 5.91 Å². The molecule has 0 atom stereocenters. The number of aromatic nitrogens is 1. The standard InChI is InChI=1S/C16H16N2O2S/c1-10-11-6-4-5-7-13(11)20-16(10)12-9-21-14(17-12)8-15(19)18(2)3/h4-7,9H,8H2,1-3H3. The van der Waals surface area contributed by atoms with E-state index in [0.29, 0.717) is 6.42 Å². The average molecular weight is 300 g/mol. The summed E-state index contributed by atoms with van der Waals surface area (Å²) in [4.78, 5) is 17.8. The van der Waals surface area contributed by atoms with Crippen LogP contribution < -0.4 is 0 Å². The molecular formula is C16H16N2O2S. The van der Waals surface area contributed by atoms with Crippen LogP contribution in [0.1, 0.15) is 10.6 Å². The lowest BCUT2D eigenvalue weighted by molar-refractivity contribution is -0.127. The molecule has 5 heteroatoms. The van der Waals surface area contributed by atoms with Gasteiger partial charge in [0.1, 0.15) is 16.3 Å². The third-order valence-electron chi connectivity index (χ3n) is 3.43. The fourth-order valence-electron chi connectivity index (χ4n) is 2.20. The molecule has 0 spiro atoms. The van der Waals surface area contributed by atoms with Gasteiger partial charge in [-0.1, -0.05) is 18.2 Å². The third kappa shape index (κ3) is 2.56. The molecule has 0 saturated carbocycles. The smallest absolute Gasteiger partial charge is 0.228 e. The molecule has 1 amide bonds. The predicted octanol–water partition coefficient (Wildman–Crippen LogP) is 3.50. The van der Waals surface area contributed by atoms with Crippen LogP contribution in [0, 0.1) is 6.92 Å². The van der Waals surface area contributed by atoms with Crippen molar-refractivity contribution in [3.8, 4) is 11.5 Å². The van der Waals surface area contributed by atoms with Gasteiger partial charge in [0, 0.05) is 30.4 Å². The van der Waals surface area contributed by atoms with Gasteiger partial charge in [0.15, 0.2) is 5.76 Å². The van der Waals surface area contributed by atoms with Crippen LogP contribution in [0.15, 0.2) is 34.1 Å². The minimum Gasteiger partial charge on any atom is -0.454 e. The largest absolute Gasteiger partial charge is 0.454 e. The summed E-state index contributed by atoms with van der Waals surface area (Å²) < 4.78 is 5.90. The van der Waals surface area contributed by atoms with Crippen molar-refractivity contribution in [3.63, 3.8) is 0 Å². The Morgan fingerprint density at radius 1 is 1.33 bits per heavy atom. The molecule has 0 radical (unpaired) electrons. The topological polar surface area (TPSA) is 46.3 Å². The van der Waals surface area contributed by atoms with Crippen LogP contribution in [0.3, 0.4) is 0 Å². The lowest BCUT2D eigenvalue weighted by atomic mass is 10.1. The van der Waals surface area contributed by atoms with E-state index in [2.05, 4.69) is 4.98 Å². The Labute approximate surface area is 127 Å². The van der Waals surface area contributed by atoms with Crippen LogP contribution in [0.5, 0.6) is 0 Å². The van der Waals surface area contributed by atoms with Crippen molar-refractivity contribution in [1.82, 2.24) is 9.88 Å². The van der Waals surface area contributed by atoms with Gasteiger partial charge in [-0.2, -0.15) is 0 Å². The van der Waals surface area contributed by atoms with Crippen LogP contribution in [0.2, 0.25) is 0 Å². The molecule has 4 nitrogen and oxygen atoms in total. The molecule has 108 valence electrons. The molecule has 2 aromatic heterocycles. The summed E-state index contributed by atoms with van der Waals surface area (Å²) in [5.41, 5.74) is 2.75. The van der Waals surface area contributed by atoms with Gasteiger partial charge < -0.3 is 9.32 Å². The highest BCUT2D eigenvalue weighted by Gasteiger charge is 2.16. The number of amides is 1. The van der Waals surface area contributed by atoms with Gasteiger partial charge in [0.05, 0.1) is 6.42 Å². The number of fused-ring (bicyclic) bond motifs is 1. The number of nitrogens with zero attached hydrogens (tertiary/aromatic N) is 2. The maximum absolute atomic E-state index is 11.7. The van der Waals surface area contributed by atoms with Crippen LogP contribution in [0.25, 0.3) is 22.4 Å². The van der Waals surface area contributed by atoms with E-state index in [4.69, 9.17) is 4.42 Å². The minimum absolute atomic E-state index is 0.0530. The Kier molecular flexibility index (Phi) is 3.51. The first-order chi connectivity index (χ1) is 10.1. The first kappa shape index (κ1) is 13.8. The highest BCUT2D eigenvalue weighted by atomic mass is 32.1. The molecule has 21 heavy (non-hydrogen) atoms. The van der Waals surface area contributed by atoms with E-state index in [9.17, 15) is 4.79 Å². The van der Waals surface area contributed by atoms with Crippen LogP contribution in [-0.4, -0.2) is 29.9 Å². The number of furan rings is 1. The fraction of sp³-hybridized carbons (Fsp3) is 0.250. The van der Waals surface area contributed by atoms with Crippen molar-refractivity contribution in [2.45, 2.75) is 13.3 Å². The Balaban J connectivity index is 1.95. The SMILES string of the molecule is Cc1c(-c2csc(CC(=O)N(C)C)n2)oc2ccccc12. The summed E-state index contributed by atoms with van der Waals surface area (Å²) in [5.74, 6) is 0.841. The summed E-state index contributed by atoms with van der Waals surface area (Å²) in [5, 5.41) is 3.86. The number of carbonyl (C=O) groups excluding carboxylic acids is 1. The number of aryl methyl sites for hydroxylation is 1. The zero-order chi connectivity index (χ0) is 15.0. The molecule has 3 rings (SSSR count). The van der Waals surface area contributed by atoms with Gasteiger partial charge >= 0.3 is 0 Å². The molecule has 0 unspecified atom stereocenters. The highest BCUT2D eigenvalue weighted by Crippen LogP contribution is 2.33. The van der Waals surface area contributed by atoms with Crippen molar-refractivity contribution >= 4 is 28.2 Å². The minimum atomic E-state index is 0.0530. The number of thiazole rings is 1. The molecule has 0 N–H and O–H groups in total. The maximum atomic E-state index is 11.7. The van der Waals surface area contributed by atoms with Gasteiger partial charge in [-0.3, -0.25) is 4.79 Å². The Morgan fingerprint density at radius 2 is 2.10 bits per heavy atom. The number of hydrogen-bond acceptors (Lipinski definition) is 4. The van der Waals surface area contributed by atoms with Crippen molar-refractivity contribution in [2.75, 3.05) is 14.1 Å². The van der Waals surface area contributed by atoms with Crippen LogP contribution in [-0.2, 0) is 11.2 Å². The number of carbonyl (C=O) groups is 1. The van der Waals surface area contributed by atoms with Gasteiger partial charge in [-0.25, -0.2) is 4.98 Å². The number of para-hydroxylation sites is 1. The molecule has 0 fully saturated rings. The van der Waals surface area contributed by atoms with Crippen molar-refractivity contribution in [1.29, 1.82) is 0 Å². The van der Waals surface area contributed by atoms with Crippen molar-refractivity contribution in [3.05, 3.63) is 40.2 Å². The summed E-state index contributed by atoms with van der Waals surface area (Å²) in [6.45, 7) is 2.03. The molecule has 0 aliphatic carbocycles. The Bertz CT molecular complexity index is 802. The first-order valence-corrected chi connectivity index (χ1v) is 7.57. The number of hydrogen-bond donors (Lipinski definition) is 0. The van der Waals surface area contributed by atoms with Gasteiger partial charge in [-0.15, -0.1) is 11.3 Å². The van der Waals surface area contributed by atoms with Crippen LogP contribution in [0.4, 0.5) is 0 Å². The molecule has 0 saturated heterocycles. The molecule has 2 heterocycles. The number of rotatable bonds is 3. The fourth-order valence-corrected chi connectivity index (χ4v) is 2.97. The van der Waals surface area contributed by atoms with E-state index in [1.807, 2.05) is 36.6 Å². The Morgan fingerprint density at radius 3 is 2.81 bits per heavy atom. The normalized spacial score (nSPS) is 11.0. The quantitative estimate of drug-likeness (QED) is 0.744. The lowest BCUT2D eigenvalue weighted by Gasteiger charge is -2.07. The molecule has 0 aliphatic rings. The average Bonchev–Trinajstić information content (AvgIpc) is 3.04. The predicted molar refractivity (Wildman–Crippen MR) is 84.5 cm³/mol. The zero-order valence-corrected chi connectivity index (χ0v) is 13.0. The van der Waals surface area contributed by atoms with Crippen molar-refractivity contribution < 1.29 is 9.21 Å². The Hall–Kier alpha value is -2.14. The second kappa shape index (κ2) is 5.33. The van der Waals surface area contributed by atoms with Crippen molar-refractivity contribution in [2.24, 2.45) is 0 Å². The summed E-state index contributed by atoms with van der Waals surface area (Å²) in [7, 11) is 3.50. The summed E-state index contributed by atoms with van der Waals surface area (Å²) in [6.07, 6.45) is 0.330. The van der Waals surface area contributed by atoms with Crippen LogP contribution >= 0.6 is 11.3 Å². The second-order valence-electron chi connectivity index (χ2n) is 5.14. The number of likely N-dealkylation sites (N-methyl/N-ethyl adjacent to an activating group) is 1. The first-order valence-electron chi connectivity index (χ1n) is 6.69. The zero-order valence-electron chi connectivity index (χ0n) is 12.2. The molecule has 0 aliphatic heterocycles. The molecule has 3 aromatic rings. The number of benzene rings is 1. The van der Waals surface area contributed by atoms with Gasteiger partial charge in [0.2, 0.25) is 5.91 Å². The monoisotopic (exact) mass is 300 g/mol.